The zero-order chi connectivity index (χ0) is 31.9. The predicted octanol–water partition coefficient (Wildman–Crippen LogP) is 8.02. The molecule has 6 nitrogen and oxygen atoms in total. The van der Waals surface area contributed by atoms with Crippen LogP contribution in [0.25, 0.3) is 0 Å². The van der Waals surface area contributed by atoms with Gasteiger partial charge in [-0.1, -0.05) is 116 Å². The number of carboxylic acid groups (broad SMARTS) is 1. The van der Waals surface area contributed by atoms with Gasteiger partial charge in [0.25, 0.3) is 0 Å². The lowest BCUT2D eigenvalue weighted by molar-refractivity contribution is -0.145. The molecule has 8 heteroatoms. The number of nitrogens with zero attached hydrogens (tertiary/aromatic N) is 1. The van der Waals surface area contributed by atoms with Gasteiger partial charge in [0, 0.05) is 27.7 Å². The van der Waals surface area contributed by atoms with Gasteiger partial charge in [0.15, 0.2) is 0 Å². The predicted molar refractivity (Wildman–Crippen MR) is 178 cm³/mol. The third-order valence-corrected chi connectivity index (χ3v) is 9.92. The molecule has 1 saturated heterocycles. The van der Waals surface area contributed by atoms with Crippen molar-refractivity contribution in [2.45, 2.75) is 62.3 Å². The molecule has 2 aliphatic heterocycles. The summed E-state index contributed by atoms with van der Waals surface area (Å²) in [5.74, 6) is -1.93. The van der Waals surface area contributed by atoms with Crippen LogP contribution in [0.2, 0.25) is 10.0 Å². The lowest BCUT2D eigenvalue weighted by Crippen LogP contribution is -2.51. The van der Waals surface area contributed by atoms with Crippen LogP contribution in [0.4, 0.5) is 5.69 Å². The van der Waals surface area contributed by atoms with E-state index in [1.165, 1.54) is 0 Å². The van der Waals surface area contributed by atoms with Crippen LogP contribution in [0, 0.1) is 5.92 Å². The van der Waals surface area contributed by atoms with E-state index < -0.39 is 41.5 Å². The molecule has 232 valence electrons. The number of amides is 1. The van der Waals surface area contributed by atoms with Gasteiger partial charge in [0.2, 0.25) is 5.91 Å². The van der Waals surface area contributed by atoms with E-state index in [1.807, 2.05) is 77.7 Å². The number of anilines is 1. The molecule has 1 fully saturated rings. The Labute approximate surface area is 273 Å². The maximum atomic E-state index is 14.7. The topological polar surface area (TPSA) is 89.9 Å². The molecular formula is C37H36Cl2N2O4. The van der Waals surface area contributed by atoms with E-state index in [1.54, 1.807) is 30.3 Å². The Hall–Kier alpha value is -3.68. The number of likely N-dealkylation sites (tertiary alicyclic amines) is 1. The maximum absolute atomic E-state index is 14.7. The Morgan fingerprint density at radius 2 is 1.53 bits per heavy atom. The molecule has 4 aromatic rings. The fourth-order valence-electron chi connectivity index (χ4n) is 7.68. The number of rotatable bonds is 9. The van der Waals surface area contributed by atoms with Gasteiger partial charge >= 0.3 is 5.97 Å². The van der Waals surface area contributed by atoms with Gasteiger partial charge in [-0.05, 0) is 65.3 Å². The number of benzene rings is 4. The minimum atomic E-state index is -1.33. The summed E-state index contributed by atoms with van der Waals surface area (Å²) in [6, 6.07) is 28.7. The van der Waals surface area contributed by atoms with Gasteiger partial charge in [-0.3, -0.25) is 14.5 Å². The average molecular weight is 644 g/mol. The zero-order valence-corrected chi connectivity index (χ0v) is 26.6. The fourth-order valence-corrected chi connectivity index (χ4v) is 8.05. The van der Waals surface area contributed by atoms with Gasteiger partial charge in [-0.25, -0.2) is 0 Å². The standard InChI is InChI=1S/C37H36Cl2N2O4/c1-22(2)16-19-30-37(28-18-17-27(39)21-29(28)40-36(37)45)31(25-14-9-15-26(38)20-25)33(35(43)44)41(30)32(23-10-5-3-6-11-23)34(42)24-12-7-4-8-13-24/h3-15,17-18,20-22,30-34,42H,16,19H2,1-2H3,(H,40,45)(H,43,44)/t30-,31+,32-,33-,34+,37+/m1/s1. The molecular weight excluding hydrogens is 607 g/mol. The van der Waals surface area contributed by atoms with Crippen molar-refractivity contribution in [1.82, 2.24) is 4.90 Å². The number of carbonyl (C=O) groups is 2. The van der Waals surface area contributed by atoms with Gasteiger partial charge in [-0.2, -0.15) is 0 Å². The van der Waals surface area contributed by atoms with Gasteiger partial charge in [0.1, 0.15) is 11.5 Å². The average Bonchev–Trinajstić information content (AvgIpc) is 3.48. The Kier molecular flexibility index (Phi) is 8.77. The highest BCUT2D eigenvalue weighted by atomic mass is 35.5. The van der Waals surface area contributed by atoms with Crippen molar-refractivity contribution >= 4 is 40.8 Å². The number of fused-ring (bicyclic) bond motifs is 2. The second-order valence-electron chi connectivity index (χ2n) is 12.5. The Bertz CT molecular complexity index is 1700. The smallest absolute Gasteiger partial charge is 0.321 e. The van der Waals surface area contributed by atoms with Crippen LogP contribution in [-0.4, -0.2) is 39.1 Å². The second-order valence-corrected chi connectivity index (χ2v) is 13.3. The third kappa shape index (κ3) is 5.44. The molecule has 0 unspecified atom stereocenters. The Balaban J connectivity index is 1.69. The fraction of sp³-hybridized carbons (Fsp3) is 0.297. The molecule has 3 N–H and O–H groups in total. The highest BCUT2D eigenvalue weighted by molar-refractivity contribution is 6.31. The van der Waals surface area contributed by atoms with E-state index in [9.17, 15) is 19.8 Å². The molecule has 2 heterocycles. The number of halogens is 2. The number of aliphatic hydroxyl groups is 1. The Morgan fingerprint density at radius 1 is 0.889 bits per heavy atom. The van der Waals surface area contributed by atoms with Crippen LogP contribution < -0.4 is 5.32 Å². The van der Waals surface area contributed by atoms with E-state index in [0.29, 0.717) is 38.8 Å². The molecule has 0 aliphatic carbocycles. The normalized spacial score (nSPS) is 24.0. The Morgan fingerprint density at radius 3 is 2.16 bits per heavy atom. The molecule has 4 aromatic carbocycles. The van der Waals surface area contributed by atoms with Crippen molar-refractivity contribution in [3.63, 3.8) is 0 Å². The quantitative estimate of drug-likeness (QED) is 0.172. The van der Waals surface area contributed by atoms with Crippen LogP contribution >= 0.6 is 23.2 Å². The van der Waals surface area contributed by atoms with Crippen molar-refractivity contribution in [2.75, 3.05) is 5.32 Å². The summed E-state index contributed by atoms with van der Waals surface area (Å²) in [4.78, 5) is 30.4. The summed E-state index contributed by atoms with van der Waals surface area (Å²) in [5.41, 5.74) is 2.00. The number of aliphatic carboxylic acids is 1. The highest BCUT2D eigenvalue weighted by Crippen LogP contribution is 2.62. The van der Waals surface area contributed by atoms with Crippen molar-refractivity contribution in [3.8, 4) is 0 Å². The summed E-state index contributed by atoms with van der Waals surface area (Å²) < 4.78 is 0. The number of carboxylic acids is 1. The lowest BCUT2D eigenvalue weighted by Gasteiger charge is -2.42. The van der Waals surface area contributed by atoms with Crippen LogP contribution in [0.3, 0.4) is 0 Å². The van der Waals surface area contributed by atoms with Crippen LogP contribution in [0.5, 0.6) is 0 Å². The van der Waals surface area contributed by atoms with Crippen molar-refractivity contribution in [1.29, 1.82) is 0 Å². The van der Waals surface area contributed by atoms with Gasteiger partial charge in [0.05, 0.1) is 12.1 Å². The maximum Gasteiger partial charge on any atom is 0.321 e. The van der Waals surface area contributed by atoms with E-state index in [2.05, 4.69) is 19.2 Å². The summed E-state index contributed by atoms with van der Waals surface area (Å²) in [6.45, 7) is 4.23. The molecule has 0 radical (unpaired) electrons. The summed E-state index contributed by atoms with van der Waals surface area (Å²) in [6.07, 6.45) is 0.150. The van der Waals surface area contributed by atoms with Crippen molar-refractivity contribution in [2.24, 2.45) is 5.92 Å². The monoisotopic (exact) mass is 642 g/mol. The van der Waals surface area contributed by atoms with Crippen molar-refractivity contribution < 1.29 is 19.8 Å². The molecule has 2 aliphatic rings. The lowest BCUT2D eigenvalue weighted by atomic mass is 9.64. The minimum Gasteiger partial charge on any atom is -0.480 e. The van der Waals surface area contributed by atoms with Crippen LogP contribution in [0.15, 0.2) is 103 Å². The number of aliphatic hydroxyl groups excluding tert-OH is 1. The first-order chi connectivity index (χ1) is 21.6. The molecule has 1 spiro atoms. The first-order valence-corrected chi connectivity index (χ1v) is 16.0. The minimum absolute atomic E-state index is 0.278. The largest absolute Gasteiger partial charge is 0.480 e. The number of carbonyl (C=O) groups excluding carboxylic acids is 1. The summed E-state index contributed by atoms with van der Waals surface area (Å²) >= 11 is 13.0. The molecule has 6 atom stereocenters. The van der Waals surface area contributed by atoms with Crippen molar-refractivity contribution in [3.05, 3.63) is 135 Å². The molecule has 6 rings (SSSR count). The SMILES string of the molecule is CC(C)CC[C@H]1N([C@H](c2ccccc2)[C@@H](O)c2ccccc2)[C@@H](C(=O)O)[C@H](c2cccc(Cl)c2)[C@@]12C(=O)Nc1cc(Cl)ccc12. The first-order valence-electron chi connectivity index (χ1n) is 15.3. The van der Waals surface area contributed by atoms with Gasteiger partial charge in [-0.15, -0.1) is 0 Å². The molecule has 45 heavy (non-hydrogen) atoms. The summed E-state index contributed by atoms with van der Waals surface area (Å²) in [7, 11) is 0. The number of hydrogen-bond donors (Lipinski definition) is 3. The first kappa shape index (κ1) is 31.3. The number of nitrogens with one attached hydrogen (secondary N) is 1. The van der Waals surface area contributed by atoms with Crippen LogP contribution in [-0.2, 0) is 15.0 Å². The summed E-state index contributed by atoms with van der Waals surface area (Å²) in [5, 5.41) is 27.5. The second kappa shape index (κ2) is 12.6. The zero-order valence-electron chi connectivity index (χ0n) is 25.1. The van der Waals surface area contributed by atoms with Gasteiger partial charge < -0.3 is 15.5 Å². The van der Waals surface area contributed by atoms with E-state index in [-0.39, 0.29) is 11.8 Å². The van der Waals surface area contributed by atoms with E-state index in [0.717, 1.165) is 12.0 Å². The van der Waals surface area contributed by atoms with E-state index >= 15 is 0 Å². The third-order valence-electron chi connectivity index (χ3n) is 9.44. The number of hydrogen-bond acceptors (Lipinski definition) is 4. The van der Waals surface area contributed by atoms with Crippen LogP contribution in [0.1, 0.15) is 67.0 Å². The highest BCUT2D eigenvalue weighted by Gasteiger charge is 2.69. The molecule has 0 bridgehead atoms. The molecule has 0 aromatic heterocycles. The molecule has 0 saturated carbocycles. The molecule has 1 amide bonds. The van der Waals surface area contributed by atoms with E-state index in [4.69, 9.17) is 23.2 Å².